The molecule has 6 nitrogen and oxygen atoms in total. The normalized spacial score (nSPS) is 11.2. The van der Waals surface area contributed by atoms with Gasteiger partial charge in [0, 0.05) is 20.3 Å². The summed E-state index contributed by atoms with van der Waals surface area (Å²) in [5, 5.41) is 0.119. The molecule has 0 bridgehead atoms. The summed E-state index contributed by atoms with van der Waals surface area (Å²) in [5.74, 6) is 0.736. The van der Waals surface area contributed by atoms with Gasteiger partial charge in [-0.2, -0.15) is 0 Å². The van der Waals surface area contributed by atoms with Gasteiger partial charge in [-0.25, -0.2) is 18.4 Å². The van der Waals surface area contributed by atoms with Crippen LogP contribution in [-0.4, -0.2) is 32.5 Å². The lowest BCUT2D eigenvalue weighted by Gasteiger charge is -2.12. The number of nitrogens with zero attached hydrogens (tertiary/aromatic N) is 3. The zero-order valence-electron chi connectivity index (χ0n) is 10.9. The highest BCUT2D eigenvalue weighted by atomic mass is 35.5. The number of anilines is 2. The van der Waals surface area contributed by atoms with Crippen LogP contribution >= 0.6 is 11.6 Å². The van der Waals surface area contributed by atoms with E-state index in [2.05, 4.69) is 14.7 Å². The Balaban J connectivity index is 2.24. The first-order chi connectivity index (χ1) is 9.38. The number of sulfonamides is 1. The fourth-order valence-corrected chi connectivity index (χ4v) is 2.77. The first-order valence-corrected chi connectivity index (χ1v) is 7.52. The topological polar surface area (TPSA) is 75.2 Å². The number of hydrogen-bond donors (Lipinski definition) is 1. The van der Waals surface area contributed by atoms with E-state index in [0.717, 1.165) is 5.82 Å². The number of nitrogens with one attached hydrogen (secondary N) is 1. The van der Waals surface area contributed by atoms with E-state index in [1.54, 1.807) is 12.1 Å². The molecule has 2 heterocycles. The Bertz CT molecular complexity index is 702. The van der Waals surface area contributed by atoms with E-state index in [1.807, 2.05) is 19.0 Å². The Morgan fingerprint density at radius 3 is 2.50 bits per heavy atom. The number of hydrogen-bond acceptors (Lipinski definition) is 5. The van der Waals surface area contributed by atoms with Crippen molar-refractivity contribution < 1.29 is 8.42 Å². The highest BCUT2D eigenvalue weighted by Crippen LogP contribution is 2.18. The first kappa shape index (κ1) is 14.5. The van der Waals surface area contributed by atoms with Crippen LogP contribution in [0.3, 0.4) is 0 Å². The molecule has 0 saturated heterocycles. The van der Waals surface area contributed by atoms with Gasteiger partial charge in [0.25, 0.3) is 10.0 Å². The Morgan fingerprint density at radius 2 is 1.95 bits per heavy atom. The zero-order valence-corrected chi connectivity index (χ0v) is 12.5. The fourth-order valence-electron chi connectivity index (χ4n) is 1.48. The van der Waals surface area contributed by atoms with Crippen molar-refractivity contribution in [1.82, 2.24) is 9.97 Å². The minimum Gasteiger partial charge on any atom is -0.363 e. The average Bonchev–Trinajstić information content (AvgIpc) is 2.39. The summed E-state index contributed by atoms with van der Waals surface area (Å²) >= 11 is 5.69. The van der Waals surface area contributed by atoms with Gasteiger partial charge in [-0.3, -0.25) is 4.72 Å². The van der Waals surface area contributed by atoms with Gasteiger partial charge in [-0.15, -0.1) is 0 Å². The van der Waals surface area contributed by atoms with Gasteiger partial charge in [-0.05, 0) is 24.3 Å². The van der Waals surface area contributed by atoms with Crippen molar-refractivity contribution >= 4 is 33.1 Å². The summed E-state index contributed by atoms with van der Waals surface area (Å²) in [5.41, 5.74) is 0.378. The lowest BCUT2D eigenvalue weighted by molar-refractivity contribution is 0.601. The molecule has 0 fully saturated rings. The van der Waals surface area contributed by atoms with Crippen LogP contribution in [0.4, 0.5) is 11.5 Å². The monoisotopic (exact) mass is 312 g/mol. The first-order valence-electron chi connectivity index (χ1n) is 5.66. The average molecular weight is 313 g/mol. The number of halogens is 1. The van der Waals surface area contributed by atoms with Crippen molar-refractivity contribution in [3.05, 3.63) is 41.8 Å². The second-order valence-electron chi connectivity index (χ2n) is 4.22. The van der Waals surface area contributed by atoms with E-state index in [4.69, 9.17) is 11.6 Å². The Hall–Kier alpha value is -1.86. The van der Waals surface area contributed by atoms with Crippen molar-refractivity contribution in [2.45, 2.75) is 4.90 Å². The number of pyridine rings is 2. The molecule has 0 aliphatic heterocycles. The quantitative estimate of drug-likeness (QED) is 0.874. The maximum absolute atomic E-state index is 12.1. The van der Waals surface area contributed by atoms with Gasteiger partial charge in [0.15, 0.2) is 0 Å². The third-order valence-corrected chi connectivity index (χ3v) is 4.05. The highest BCUT2D eigenvalue weighted by Gasteiger charge is 2.15. The number of aromatic nitrogens is 2. The van der Waals surface area contributed by atoms with Crippen molar-refractivity contribution in [3.63, 3.8) is 0 Å². The summed E-state index contributed by atoms with van der Waals surface area (Å²) in [6.45, 7) is 0. The van der Waals surface area contributed by atoms with Gasteiger partial charge in [0.05, 0.1) is 16.8 Å². The van der Waals surface area contributed by atoms with E-state index in [9.17, 15) is 8.42 Å². The van der Waals surface area contributed by atoms with E-state index in [0.29, 0.717) is 5.69 Å². The van der Waals surface area contributed by atoms with E-state index < -0.39 is 10.0 Å². The number of rotatable bonds is 4. The molecular formula is C12H13ClN4O2S. The smallest absolute Gasteiger partial charge is 0.262 e. The molecule has 20 heavy (non-hydrogen) atoms. The molecule has 0 spiro atoms. The lowest BCUT2D eigenvalue weighted by atomic mass is 10.4. The van der Waals surface area contributed by atoms with E-state index >= 15 is 0 Å². The summed E-state index contributed by atoms with van der Waals surface area (Å²) in [6.07, 6.45) is 2.79. The molecule has 0 aliphatic carbocycles. The summed E-state index contributed by atoms with van der Waals surface area (Å²) in [4.78, 5) is 9.75. The lowest BCUT2D eigenvalue weighted by Crippen LogP contribution is -2.14. The van der Waals surface area contributed by atoms with Crippen molar-refractivity contribution in [3.8, 4) is 0 Å². The Labute approximate surface area is 122 Å². The van der Waals surface area contributed by atoms with Crippen molar-refractivity contribution in [2.75, 3.05) is 23.7 Å². The van der Waals surface area contributed by atoms with Crippen molar-refractivity contribution in [1.29, 1.82) is 0 Å². The van der Waals surface area contributed by atoms with Crippen LogP contribution in [0.25, 0.3) is 0 Å². The summed E-state index contributed by atoms with van der Waals surface area (Å²) in [7, 11) is 0.00767. The highest BCUT2D eigenvalue weighted by molar-refractivity contribution is 7.92. The van der Waals surface area contributed by atoms with Crippen molar-refractivity contribution in [2.24, 2.45) is 0 Å². The van der Waals surface area contributed by atoms with Crippen LogP contribution in [0.15, 0.2) is 41.6 Å². The standard InChI is InChI=1S/C12H13ClN4O2S/c1-17(2)12-4-3-9(8-15-12)16-20(18,19)10-5-6-14-11(13)7-10/h3-8,16H,1-2H3. The minimum absolute atomic E-state index is 0.0502. The molecule has 0 aliphatic rings. The molecule has 0 atom stereocenters. The minimum atomic E-state index is -3.70. The van der Waals surface area contributed by atoms with Gasteiger partial charge in [0.1, 0.15) is 11.0 Å². The van der Waals surface area contributed by atoms with Crippen LogP contribution in [-0.2, 0) is 10.0 Å². The molecule has 8 heteroatoms. The predicted molar refractivity (Wildman–Crippen MR) is 78.6 cm³/mol. The molecule has 2 rings (SSSR count). The fraction of sp³-hybridized carbons (Fsp3) is 0.167. The molecule has 2 aromatic heterocycles. The van der Waals surface area contributed by atoms with Crippen LogP contribution in [0.2, 0.25) is 5.15 Å². The predicted octanol–water partition coefficient (Wildman–Crippen LogP) is 2.00. The Morgan fingerprint density at radius 1 is 1.20 bits per heavy atom. The van der Waals surface area contributed by atoms with Crippen LogP contribution in [0.1, 0.15) is 0 Å². The largest absolute Gasteiger partial charge is 0.363 e. The molecule has 1 N–H and O–H groups in total. The maximum atomic E-state index is 12.1. The van der Waals surface area contributed by atoms with E-state index in [1.165, 1.54) is 24.5 Å². The third-order valence-electron chi connectivity index (χ3n) is 2.47. The zero-order chi connectivity index (χ0) is 14.8. The van der Waals surface area contributed by atoms with Gasteiger partial charge >= 0.3 is 0 Å². The molecule has 2 aromatic rings. The second-order valence-corrected chi connectivity index (χ2v) is 6.29. The van der Waals surface area contributed by atoms with Crippen LogP contribution in [0.5, 0.6) is 0 Å². The van der Waals surface area contributed by atoms with Crippen LogP contribution in [0, 0.1) is 0 Å². The van der Waals surface area contributed by atoms with Gasteiger partial charge < -0.3 is 4.90 Å². The van der Waals surface area contributed by atoms with E-state index in [-0.39, 0.29) is 10.0 Å². The SMILES string of the molecule is CN(C)c1ccc(NS(=O)(=O)c2ccnc(Cl)c2)cn1. The molecule has 0 unspecified atom stereocenters. The molecule has 0 aromatic carbocycles. The van der Waals surface area contributed by atoms with Crippen LogP contribution < -0.4 is 9.62 Å². The molecule has 0 amide bonds. The maximum Gasteiger partial charge on any atom is 0.262 e. The molecule has 106 valence electrons. The molecule has 0 saturated carbocycles. The van der Waals surface area contributed by atoms with Gasteiger partial charge in [0.2, 0.25) is 0 Å². The second kappa shape index (κ2) is 5.64. The third kappa shape index (κ3) is 3.37. The van der Waals surface area contributed by atoms with Gasteiger partial charge in [-0.1, -0.05) is 11.6 Å². The molecule has 0 radical (unpaired) electrons. The Kier molecular flexibility index (Phi) is 4.10. The summed E-state index contributed by atoms with van der Waals surface area (Å²) < 4.78 is 26.7. The summed E-state index contributed by atoms with van der Waals surface area (Å²) in [6, 6.07) is 6.02. The molecular weight excluding hydrogens is 300 g/mol.